The summed E-state index contributed by atoms with van der Waals surface area (Å²) in [4.78, 5) is 34.5. The summed E-state index contributed by atoms with van der Waals surface area (Å²) in [6.07, 6.45) is 1.72. The smallest absolute Gasteiger partial charge is 0.339 e. The van der Waals surface area contributed by atoms with Crippen LogP contribution in [0.1, 0.15) is 32.9 Å². The van der Waals surface area contributed by atoms with Crippen molar-refractivity contribution in [3.05, 3.63) is 93.2 Å². The molecule has 0 atom stereocenters. The molecule has 0 amide bonds. The van der Waals surface area contributed by atoms with Gasteiger partial charge in [-0.25, -0.2) is 14.8 Å². The molecule has 8 heteroatoms. The van der Waals surface area contributed by atoms with E-state index in [1.165, 1.54) is 10.5 Å². The quantitative estimate of drug-likeness (QED) is 0.387. The van der Waals surface area contributed by atoms with Crippen molar-refractivity contribution in [2.75, 3.05) is 0 Å². The van der Waals surface area contributed by atoms with Crippen molar-refractivity contribution in [1.29, 1.82) is 0 Å². The number of hydrogen-bond acceptors (Lipinski definition) is 7. The molecule has 4 heterocycles. The monoisotopic (exact) mass is 440 g/mol. The number of hydrogen-bond donors (Lipinski definition) is 0. The van der Waals surface area contributed by atoms with E-state index < -0.39 is 5.97 Å². The van der Waals surface area contributed by atoms with Crippen LogP contribution in [0, 0.1) is 20.8 Å². The Balaban J connectivity index is 1.48. The van der Waals surface area contributed by atoms with Gasteiger partial charge in [-0.15, -0.1) is 0 Å². The second-order valence-electron chi connectivity index (χ2n) is 7.97. The minimum Gasteiger partial charge on any atom is -0.456 e. The summed E-state index contributed by atoms with van der Waals surface area (Å²) in [7, 11) is 0. The zero-order valence-electron chi connectivity index (χ0n) is 18.3. The second-order valence-corrected chi connectivity index (χ2v) is 7.97. The third kappa shape index (κ3) is 3.87. The average Bonchev–Trinajstić information content (AvgIpc) is 3.18. The molecular weight excluding hydrogens is 420 g/mol. The summed E-state index contributed by atoms with van der Waals surface area (Å²) in [5, 5.41) is 4.46. The van der Waals surface area contributed by atoms with Gasteiger partial charge in [0, 0.05) is 17.8 Å². The number of nitrogens with zero attached hydrogens (tertiary/aromatic N) is 4. The van der Waals surface area contributed by atoms with Crippen LogP contribution in [0.25, 0.3) is 28.0 Å². The maximum absolute atomic E-state index is 13.1. The van der Waals surface area contributed by atoms with Crippen molar-refractivity contribution >= 4 is 22.7 Å². The van der Waals surface area contributed by atoms with Crippen molar-refractivity contribution in [3.63, 3.8) is 0 Å². The summed E-state index contributed by atoms with van der Waals surface area (Å²) < 4.78 is 12.3. The highest BCUT2D eigenvalue weighted by atomic mass is 16.5. The van der Waals surface area contributed by atoms with E-state index in [4.69, 9.17) is 9.26 Å². The van der Waals surface area contributed by atoms with Gasteiger partial charge in [-0.1, -0.05) is 41.1 Å². The Hall–Kier alpha value is -4.33. The van der Waals surface area contributed by atoms with Gasteiger partial charge in [0.05, 0.1) is 28.0 Å². The average molecular weight is 440 g/mol. The first kappa shape index (κ1) is 20.6. The third-order valence-corrected chi connectivity index (χ3v) is 5.40. The van der Waals surface area contributed by atoms with Gasteiger partial charge in [0.1, 0.15) is 12.3 Å². The fraction of sp³-hybridized carbons (Fsp3) is 0.160. The van der Waals surface area contributed by atoms with Crippen LogP contribution in [0.5, 0.6) is 0 Å². The molecule has 0 saturated heterocycles. The van der Waals surface area contributed by atoms with Gasteiger partial charge in [0.2, 0.25) is 0 Å². The normalized spacial score (nSPS) is 11.2. The number of benzene rings is 1. The SMILES string of the molecule is Cc1ccc(-c2cc(C(=O)OCc3cc(=O)n4cc(C)ccc4n3)c3c(C)noc3n2)cc1. The largest absolute Gasteiger partial charge is 0.456 e. The minimum absolute atomic E-state index is 0.146. The van der Waals surface area contributed by atoms with Crippen molar-refractivity contribution in [1.82, 2.24) is 19.5 Å². The van der Waals surface area contributed by atoms with E-state index in [2.05, 4.69) is 15.1 Å². The van der Waals surface area contributed by atoms with Crippen LogP contribution in [0.4, 0.5) is 0 Å². The van der Waals surface area contributed by atoms with Gasteiger partial charge in [0.25, 0.3) is 11.3 Å². The first-order valence-electron chi connectivity index (χ1n) is 10.4. The number of aromatic nitrogens is 4. The minimum atomic E-state index is -0.576. The van der Waals surface area contributed by atoms with Gasteiger partial charge < -0.3 is 9.26 Å². The zero-order valence-corrected chi connectivity index (χ0v) is 18.3. The first-order valence-corrected chi connectivity index (χ1v) is 10.4. The van der Waals surface area contributed by atoms with Crippen molar-refractivity contribution in [3.8, 4) is 11.3 Å². The van der Waals surface area contributed by atoms with E-state index in [0.29, 0.717) is 33.7 Å². The molecule has 0 aliphatic rings. The van der Waals surface area contributed by atoms with Gasteiger partial charge in [-0.2, -0.15) is 0 Å². The third-order valence-electron chi connectivity index (χ3n) is 5.40. The molecule has 8 nitrogen and oxygen atoms in total. The van der Waals surface area contributed by atoms with E-state index in [0.717, 1.165) is 16.7 Å². The number of carbonyl (C=O) groups excluding carboxylic acids is 1. The zero-order chi connectivity index (χ0) is 23.1. The van der Waals surface area contributed by atoms with Crippen LogP contribution in [0.15, 0.2) is 64.0 Å². The summed E-state index contributed by atoms with van der Waals surface area (Å²) in [5.74, 6) is -0.576. The molecule has 0 aliphatic heterocycles. The molecule has 33 heavy (non-hydrogen) atoms. The van der Waals surface area contributed by atoms with Gasteiger partial charge >= 0.3 is 5.97 Å². The number of esters is 1. The highest BCUT2D eigenvalue weighted by Crippen LogP contribution is 2.28. The van der Waals surface area contributed by atoms with E-state index in [1.807, 2.05) is 44.2 Å². The number of carbonyl (C=O) groups is 1. The lowest BCUT2D eigenvalue weighted by atomic mass is 10.0. The van der Waals surface area contributed by atoms with E-state index in [1.54, 1.807) is 25.3 Å². The molecule has 164 valence electrons. The highest BCUT2D eigenvalue weighted by molar-refractivity contribution is 6.04. The molecule has 4 aromatic heterocycles. The Bertz CT molecular complexity index is 1580. The van der Waals surface area contributed by atoms with Crippen LogP contribution in [0.2, 0.25) is 0 Å². The van der Waals surface area contributed by atoms with E-state index >= 15 is 0 Å². The lowest BCUT2D eigenvalue weighted by Gasteiger charge is -2.09. The summed E-state index contributed by atoms with van der Waals surface area (Å²) >= 11 is 0. The molecule has 1 aromatic carbocycles. The second kappa shape index (κ2) is 7.98. The fourth-order valence-corrected chi connectivity index (χ4v) is 3.68. The van der Waals surface area contributed by atoms with Crippen molar-refractivity contribution in [2.45, 2.75) is 27.4 Å². The Kier molecular flexibility index (Phi) is 4.97. The van der Waals surface area contributed by atoms with Gasteiger partial charge in [-0.3, -0.25) is 9.20 Å². The number of rotatable bonds is 4. The molecule has 0 spiro atoms. The van der Waals surface area contributed by atoms with Crippen LogP contribution < -0.4 is 5.56 Å². The van der Waals surface area contributed by atoms with Crippen LogP contribution in [-0.2, 0) is 11.3 Å². The summed E-state index contributed by atoms with van der Waals surface area (Å²) in [6, 6.07) is 14.4. The number of aryl methyl sites for hydroxylation is 3. The van der Waals surface area contributed by atoms with Crippen molar-refractivity contribution < 1.29 is 14.1 Å². The molecule has 0 bridgehead atoms. The van der Waals surface area contributed by atoms with E-state index in [-0.39, 0.29) is 17.9 Å². The first-order chi connectivity index (χ1) is 15.9. The molecule has 0 N–H and O–H groups in total. The topological polar surface area (TPSA) is 99.6 Å². The summed E-state index contributed by atoms with van der Waals surface area (Å²) in [6.45, 7) is 5.49. The molecule has 5 aromatic rings. The Morgan fingerprint density at radius 3 is 2.55 bits per heavy atom. The number of fused-ring (bicyclic) bond motifs is 2. The maximum Gasteiger partial charge on any atom is 0.339 e. The summed E-state index contributed by atoms with van der Waals surface area (Å²) in [5.41, 5.74) is 5.18. The molecule has 0 saturated carbocycles. The van der Waals surface area contributed by atoms with Crippen molar-refractivity contribution in [2.24, 2.45) is 0 Å². The standard InChI is InChI=1S/C25H20N4O4/c1-14-4-7-17(8-5-14)20-11-19(23-16(3)28-33-24(23)27-20)25(31)32-13-18-10-22(30)29-12-15(2)6-9-21(29)26-18/h4-12H,13H2,1-3H3. The predicted octanol–water partition coefficient (Wildman–Crippen LogP) is 4.18. The van der Waals surface area contributed by atoms with Crippen LogP contribution >= 0.6 is 0 Å². The number of pyridine rings is 2. The Morgan fingerprint density at radius 1 is 1.00 bits per heavy atom. The Labute approximate surface area is 188 Å². The van der Waals surface area contributed by atoms with Gasteiger partial charge in [0.15, 0.2) is 0 Å². The number of ether oxygens (including phenoxy) is 1. The highest BCUT2D eigenvalue weighted by Gasteiger charge is 2.21. The lowest BCUT2D eigenvalue weighted by Crippen LogP contribution is -2.17. The lowest BCUT2D eigenvalue weighted by molar-refractivity contribution is 0.0470. The molecule has 0 aliphatic carbocycles. The van der Waals surface area contributed by atoms with E-state index in [9.17, 15) is 9.59 Å². The molecule has 0 radical (unpaired) electrons. The molecule has 0 fully saturated rings. The molecule has 0 unspecified atom stereocenters. The predicted molar refractivity (Wildman–Crippen MR) is 122 cm³/mol. The molecular formula is C25H20N4O4. The maximum atomic E-state index is 13.1. The Morgan fingerprint density at radius 2 is 1.76 bits per heavy atom. The van der Waals surface area contributed by atoms with Crippen LogP contribution in [-0.4, -0.2) is 25.5 Å². The fourth-order valence-electron chi connectivity index (χ4n) is 3.68. The van der Waals surface area contributed by atoms with Crippen LogP contribution in [0.3, 0.4) is 0 Å². The van der Waals surface area contributed by atoms with Gasteiger partial charge in [-0.05, 0) is 38.5 Å². The molecule has 5 rings (SSSR count).